The lowest BCUT2D eigenvalue weighted by atomic mass is 9.67. The van der Waals surface area contributed by atoms with Crippen molar-refractivity contribution in [2.45, 2.75) is 75.0 Å². The van der Waals surface area contributed by atoms with Crippen molar-refractivity contribution >= 4 is 21.5 Å². The SMILES string of the molecule is c1ccc(-c2cnc(-c3ccc4c(-c5ccc6c(c5)C5(CCCCC5)c5ccccc5-6)c5ccccc5c(-c5ccc6c(c5)C5(CCCCC5)c5ccccc5-6)c4c3)nc2)cc1. The van der Waals surface area contributed by atoms with E-state index in [1.54, 1.807) is 0 Å². The van der Waals surface area contributed by atoms with Crippen LogP contribution in [0.5, 0.6) is 0 Å². The molecule has 2 nitrogen and oxygen atoms in total. The van der Waals surface area contributed by atoms with E-state index in [9.17, 15) is 0 Å². The number of aromatic nitrogens is 2. The monoisotopic (exact) mass is 796 g/mol. The quantitative estimate of drug-likeness (QED) is 0.166. The molecule has 2 fully saturated rings. The van der Waals surface area contributed by atoms with Gasteiger partial charge in [-0.15, -0.1) is 0 Å². The minimum atomic E-state index is 0.0717. The molecule has 4 aliphatic rings. The highest BCUT2D eigenvalue weighted by molar-refractivity contribution is 6.22. The molecule has 13 rings (SSSR count). The van der Waals surface area contributed by atoms with Crippen molar-refractivity contribution in [1.82, 2.24) is 9.97 Å². The lowest BCUT2D eigenvalue weighted by molar-refractivity contribution is 0.353. The molecule has 2 spiro atoms. The Labute approximate surface area is 364 Å². The molecule has 2 heteroatoms. The molecule has 0 amide bonds. The summed E-state index contributed by atoms with van der Waals surface area (Å²) < 4.78 is 0. The van der Waals surface area contributed by atoms with Crippen LogP contribution in [-0.2, 0) is 10.8 Å². The Bertz CT molecular complexity index is 3240. The fourth-order valence-corrected chi connectivity index (χ4v) is 12.8. The molecule has 8 aromatic carbocycles. The maximum Gasteiger partial charge on any atom is 0.159 e. The van der Waals surface area contributed by atoms with Gasteiger partial charge in [0.05, 0.1) is 0 Å². The normalized spacial score (nSPS) is 16.6. The van der Waals surface area contributed by atoms with Crippen LogP contribution in [0.4, 0.5) is 0 Å². The third kappa shape index (κ3) is 5.22. The van der Waals surface area contributed by atoms with Crippen molar-refractivity contribution in [3.8, 4) is 67.0 Å². The molecule has 1 heterocycles. The van der Waals surface area contributed by atoms with E-state index < -0.39 is 0 Å². The topological polar surface area (TPSA) is 25.8 Å². The fraction of sp³-hybridized carbons (Fsp3) is 0.200. The van der Waals surface area contributed by atoms with Crippen molar-refractivity contribution in [3.05, 3.63) is 192 Å². The second kappa shape index (κ2) is 13.9. The first-order valence-electron chi connectivity index (χ1n) is 23.1. The molecule has 0 N–H and O–H groups in total. The van der Waals surface area contributed by atoms with E-state index in [-0.39, 0.29) is 10.8 Å². The average molecular weight is 797 g/mol. The standard InChI is InChI=1S/C60H48N2/c1-4-16-39(17-5-1)43-37-61-58(62-38-43)42-26-29-50-51(34-42)57(41-25-28-47-45-19-9-11-23-53(45)60(55(47)36-41)32-14-3-15-33-60)49-21-7-6-20-48(49)56(50)40-24-27-46-44-18-8-10-22-52(44)59(54(46)35-40)30-12-2-13-31-59/h1,4-11,16-29,34-38H,2-3,12-15,30-33H2. The van der Waals surface area contributed by atoms with Gasteiger partial charge in [-0.2, -0.15) is 0 Å². The zero-order chi connectivity index (χ0) is 40.8. The summed E-state index contributed by atoms with van der Waals surface area (Å²) in [6.07, 6.45) is 16.6. The lowest BCUT2D eigenvalue weighted by Crippen LogP contribution is -2.28. The third-order valence-electron chi connectivity index (χ3n) is 15.6. The smallest absolute Gasteiger partial charge is 0.159 e. The molecule has 0 unspecified atom stereocenters. The van der Waals surface area contributed by atoms with Crippen LogP contribution in [0.3, 0.4) is 0 Å². The van der Waals surface area contributed by atoms with Crippen molar-refractivity contribution < 1.29 is 0 Å². The molecule has 0 atom stereocenters. The van der Waals surface area contributed by atoms with E-state index in [2.05, 4.69) is 152 Å². The van der Waals surface area contributed by atoms with Crippen LogP contribution in [0.2, 0.25) is 0 Å². The predicted molar refractivity (Wildman–Crippen MR) is 257 cm³/mol. The van der Waals surface area contributed by atoms with Crippen LogP contribution < -0.4 is 0 Å². The van der Waals surface area contributed by atoms with Gasteiger partial charge in [-0.1, -0.05) is 178 Å². The van der Waals surface area contributed by atoms with Crippen LogP contribution in [0.1, 0.15) is 86.5 Å². The number of nitrogens with zero attached hydrogens (tertiary/aromatic N) is 2. The maximum absolute atomic E-state index is 5.00. The number of hydrogen-bond donors (Lipinski definition) is 0. The Morgan fingerprint density at radius 1 is 0.306 bits per heavy atom. The van der Waals surface area contributed by atoms with Gasteiger partial charge in [0.1, 0.15) is 0 Å². The zero-order valence-electron chi connectivity index (χ0n) is 35.1. The molecule has 0 saturated heterocycles. The highest BCUT2D eigenvalue weighted by atomic mass is 14.9. The van der Waals surface area contributed by atoms with Gasteiger partial charge in [0.2, 0.25) is 0 Å². The molecule has 0 aliphatic heterocycles. The van der Waals surface area contributed by atoms with Gasteiger partial charge >= 0.3 is 0 Å². The minimum absolute atomic E-state index is 0.0717. The van der Waals surface area contributed by atoms with E-state index in [0.717, 1.165) is 22.5 Å². The summed E-state index contributed by atoms with van der Waals surface area (Å²) in [4.78, 5) is 10.0. The fourth-order valence-electron chi connectivity index (χ4n) is 12.8. The first-order chi connectivity index (χ1) is 30.7. The molecule has 62 heavy (non-hydrogen) atoms. The van der Waals surface area contributed by atoms with Gasteiger partial charge in [0.25, 0.3) is 0 Å². The predicted octanol–water partition coefficient (Wildman–Crippen LogP) is 15.9. The van der Waals surface area contributed by atoms with Gasteiger partial charge in [0, 0.05) is 34.4 Å². The Kier molecular flexibility index (Phi) is 8.11. The molecule has 9 aromatic rings. The zero-order valence-corrected chi connectivity index (χ0v) is 35.1. The molecule has 1 aromatic heterocycles. The minimum Gasteiger partial charge on any atom is -0.236 e. The molecule has 0 bridgehead atoms. The molecule has 4 aliphatic carbocycles. The summed E-state index contributed by atoms with van der Waals surface area (Å²) in [7, 11) is 0. The van der Waals surface area contributed by atoms with Gasteiger partial charge in [-0.3, -0.25) is 0 Å². The Balaban J connectivity index is 1.06. The van der Waals surface area contributed by atoms with E-state index in [1.807, 2.05) is 18.5 Å². The highest BCUT2D eigenvalue weighted by Gasteiger charge is 2.45. The molecule has 2 saturated carbocycles. The first kappa shape index (κ1) is 36.1. The highest BCUT2D eigenvalue weighted by Crippen LogP contribution is 2.59. The summed E-state index contributed by atoms with van der Waals surface area (Å²) in [6, 6.07) is 60.1. The average Bonchev–Trinajstić information content (AvgIpc) is 3.76. The maximum atomic E-state index is 5.00. The van der Waals surface area contributed by atoms with Crippen LogP contribution in [-0.4, -0.2) is 9.97 Å². The van der Waals surface area contributed by atoms with Crippen LogP contribution in [0.25, 0.3) is 88.6 Å². The number of benzene rings is 8. The summed E-state index contributed by atoms with van der Waals surface area (Å²) >= 11 is 0. The van der Waals surface area contributed by atoms with E-state index in [1.165, 1.54) is 153 Å². The Hall–Kier alpha value is -6.64. The van der Waals surface area contributed by atoms with Crippen molar-refractivity contribution in [1.29, 1.82) is 0 Å². The van der Waals surface area contributed by atoms with E-state index in [4.69, 9.17) is 9.97 Å². The molecule has 0 radical (unpaired) electrons. The summed E-state index contributed by atoms with van der Waals surface area (Å²) in [5.41, 5.74) is 20.3. The van der Waals surface area contributed by atoms with Crippen LogP contribution >= 0.6 is 0 Å². The molecule has 298 valence electrons. The molecular weight excluding hydrogens is 749 g/mol. The summed E-state index contributed by atoms with van der Waals surface area (Å²) in [5.74, 6) is 0.743. The van der Waals surface area contributed by atoms with Gasteiger partial charge in [0.15, 0.2) is 5.82 Å². The van der Waals surface area contributed by atoms with Crippen LogP contribution in [0, 0.1) is 0 Å². The largest absolute Gasteiger partial charge is 0.236 e. The summed E-state index contributed by atoms with van der Waals surface area (Å²) in [6.45, 7) is 0. The van der Waals surface area contributed by atoms with Gasteiger partial charge in [-0.25, -0.2) is 9.97 Å². The second-order valence-electron chi connectivity index (χ2n) is 18.6. The second-order valence-corrected chi connectivity index (χ2v) is 18.6. The third-order valence-corrected chi connectivity index (χ3v) is 15.6. The Morgan fingerprint density at radius 3 is 1.32 bits per heavy atom. The number of rotatable bonds is 4. The van der Waals surface area contributed by atoms with Crippen molar-refractivity contribution in [2.75, 3.05) is 0 Å². The number of hydrogen-bond acceptors (Lipinski definition) is 2. The Morgan fingerprint density at radius 2 is 0.758 bits per heavy atom. The van der Waals surface area contributed by atoms with Gasteiger partial charge in [-0.05, 0) is 138 Å². The van der Waals surface area contributed by atoms with Crippen molar-refractivity contribution in [3.63, 3.8) is 0 Å². The summed E-state index contributed by atoms with van der Waals surface area (Å²) in [5, 5.41) is 5.11. The van der Waals surface area contributed by atoms with Crippen molar-refractivity contribution in [2.24, 2.45) is 0 Å². The van der Waals surface area contributed by atoms with E-state index in [0.29, 0.717) is 0 Å². The van der Waals surface area contributed by atoms with Crippen LogP contribution in [0.15, 0.2) is 170 Å². The van der Waals surface area contributed by atoms with Gasteiger partial charge < -0.3 is 0 Å². The molecular formula is C60H48N2. The van der Waals surface area contributed by atoms with E-state index >= 15 is 0 Å². The first-order valence-corrected chi connectivity index (χ1v) is 23.1. The number of fused-ring (bicyclic) bond motifs is 12. The lowest BCUT2D eigenvalue weighted by Gasteiger charge is -2.36.